The van der Waals surface area contributed by atoms with E-state index in [2.05, 4.69) is 25.8 Å². The van der Waals surface area contributed by atoms with Gasteiger partial charge in [-0.05, 0) is 18.5 Å². The average molecular weight is 247 g/mol. The molecule has 0 saturated carbocycles. The fourth-order valence-electron chi connectivity index (χ4n) is 2.12. The van der Waals surface area contributed by atoms with Gasteiger partial charge in [0.2, 0.25) is 0 Å². The summed E-state index contributed by atoms with van der Waals surface area (Å²) in [4.78, 5) is 2.27. The number of hydrogen-bond donors (Lipinski definition) is 2. The third-order valence-electron chi connectivity index (χ3n) is 3.39. The first kappa shape index (κ1) is 14.7. The van der Waals surface area contributed by atoms with Crippen molar-refractivity contribution in [3.8, 4) is 0 Å². The van der Waals surface area contributed by atoms with E-state index in [-0.39, 0.29) is 11.8 Å². The molecule has 0 aliphatic carbocycles. The number of amidine groups is 1. The molecule has 18 heavy (non-hydrogen) atoms. The van der Waals surface area contributed by atoms with Crippen molar-refractivity contribution in [2.24, 2.45) is 11.7 Å². The summed E-state index contributed by atoms with van der Waals surface area (Å²) in [6, 6.07) is 10.1. The summed E-state index contributed by atoms with van der Waals surface area (Å²) in [5.74, 6) is 0.927. The van der Waals surface area contributed by atoms with Gasteiger partial charge >= 0.3 is 0 Å². The lowest BCUT2D eigenvalue weighted by Gasteiger charge is -2.25. The van der Waals surface area contributed by atoms with Gasteiger partial charge in [-0.25, -0.2) is 0 Å². The lowest BCUT2D eigenvalue weighted by atomic mass is 9.97. The van der Waals surface area contributed by atoms with Crippen LogP contribution >= 0.6 is 0 Å². The van der Waals surface area contributed by atoms with Crippen LogP contribution in [0.25, 0.3) is 0 Å². The highest BCUT2D eigenvalue weighted by molar-refractivity contribution is 5.84. The zero-order valence-corrected chi connectivity index (χ0v) is 11.7. The maximum absolute atomic E-state index is 7.76. The molecular formula is C15H25N3. The van der Waals surface area contributed by atoms with Gasteiger partial charge < -0.3 is 10.6 Å². The minimum Gasteiger partial charge on any atom is -0.387 e. The first-order chi connectivity index (χ1) is 8.54. The van der Waals surface area contributed by atoms with Crippen molar-refractivity contribution in [3.05, 3.63) is 35.9 Å². The van der Waals surface area contributed by atoms with Crippen LogP contribution in [0.3, 0.4) is 0 Å². The van der Waals surface area contributed by atoms with Crippen LogP contribution in [0.2, 0.25) is 0 Å². The lowest BCUT2D eigenvalue weighted by Crippen LogP contribution is -2.34. The molecule has 0 fully saturated rings. The van der Waals surface area contributed by atoms with Crippen LogP contribution in [0.15, 0.2) is 30.3 Å². The Labute approximate surface area is 111 Å². The van der Waals surface area contributed by atoms with Crippen LogP contribution in [-0.2, 0) is 0 Å². The Morgan fingerprint density at radius 1 is 1.28 bits per heavy atom. The smallest absolute Gasteiger partial charge is 0.0995 e. The number of nitrogens with two attached hydrogens (primary N) is 1. The van der Waals surface area contributed by atoms with Crippen LogP contribution < -0.4 is 5.73 Å². The summed E-state index contributed by atoms with van der Waals surface area (Å²) in [5.41, 5.74) is 6.86. The molecule has 3 N–H and O–H groups in total. The summed E-state index contributed by atoms with van der Waals surface area (Å²) >= 11 is 0. The normalized spacial score (nSPS) is 14.4. The third-order valence-corrected chi connectivity index (χ3v) is 3.39. The van der Waals surface area contributed by atoms with Gasteiger partial charge in [-0.3, -0.25) is 5.41 Å². The van der Waals surface area contributed by atoms with Gasteiger partial charge in [0.05, 0.1) is 11.8 Å². The van der Waals surface area contributed by atoms with Crippen LogP contribution in [0.4, 0.5) is 0 Å². The second-order valence-corrected chi connectivity index (χ2v) is 5.15. The maximum Gasteiger partial charge on any atom is 0.0995 e. The zero-order chi connectivity index (χ0) is 13.5. The second kappa shape index (κ2) is 7.17. The monoisotopic (exact) mass is 247 g/mol. The number of hydrogen-bond acceptors (Lipinski definition) is 2. The molecule has 0 spiro atoms. The number of benzene rings is 1. The molecule has 2 unspecified atom stereocenters. The van der Waals surface area contributed by atoms with Gasteiger partial charge in [-0.2, -0.15) is 0 Å². The first-order valence-corrected chi connectivity index (χ1v) is 6.62. The molecule has 0 aliphatic heterocycles. The third kappa shape index (κ3) is 4.49. The summed E-state index contributed by atoms with van der Waals surface area (Å²) in [5, 5.41) is 7.76. The predicted molar refractivity (Wildman–Crippen MR) is 78.0 cm³/mol. The second-order valence-electron chi connectivity index (χ2n) is 5.15. The van der Waals surface area contributed by atoms with E-state index in [1.165, 1.54) is 6.42 Å². The highest BCUT2D eigenvalue weighted by atomic mass is 15.1. The predicted octanol–water partition coefficient (Wildman–Crippen LogP) is 2.68. The van der Waals surface area contributed by atoms with Crippen LogP contribution in [-0.4, -0.2) is 30.9 Å². The van der Waals surface area contributed by atoms with Crippen LogP contribution in [0, 0.1) is 11.3 Å². The Bertz CT molecular complexity index is 361. The standard InChI is InChI=1S/C15H25N3/c1-4-12(2)10-18(3)11-14(15(16)17)13-8-6-5-7-9-13/h5-9,12,14H,4,10-11H2,1-3H3,(H3,16,17). The summed E-state index contributed by atoms with van der Waals surface area (Å²) in [6.45, 7) is 6.32. The molecule has 100 valence electrons. The van der Waals surface area contributed by atoms with Crippen molar-refractivity contribution in [1.82, 2.24) is 4.90 Å². The molecule has 3 heteroatoms. The van der Waals surface area contributed by atoms with E-state index >= 15 is 0 Å². The fourth-order valence-corrected chi connectivity index (χ4v) is 2.12. The molecular weight excluding hydrogens is 222 g/mol. The van der Waals surface area contributed by atoms with Crippen molar-refractivity contribution in [3.63, 3.8) is 0 Å². The van der Waals surface area contributed by atoms with E-state index in [1.54, 1.807) is 0 Å². The summed E-state index contributed by atoms with van der Waals surface area (Å²) in [7, 11) is 2.10. The van der Waals surface area contributed by atoms with Gasteiger partial charge in [0.1, 0.15) is 0 Å². The molecule has 1 aromatic rings. The van der Waals surface area contributed by atoms with Gasteiger partial charge in [-0.1, -0.05) is 50.6 Å². The molecule has 0 amide bonds. The summed E-state index contributed by atoms with van der Waals surface area (Å²) < 4.78 is 0. The molecule has 2 atom stereocenters. The van der Waals surface area contributed by atoms with E-state index in [1.807, 2.05) is 30.3 Å². The van der Waals surface area contributed by atoms with E-state index in [4.69, 9.17) is 11.1 Å². The Morgan fingerprint density at radius 3 is 2.39 bits per heavy atom. The van der Waals surface area contributed by atoms with Crippen LogP contribution in [0.1, 0.15) is 31.7 Å². The fraction of sp³-hybridized carbons (Fsp3) is 0.533. The molecule has 0 aliphatic rings. The zero-order valence-electron chi connectivity index (χ0n) is 11.7. The molecule has 0 heterocycles. The Kier molecular flexibility index (Phi) is 5.86. The van der Waals surface area contributed by atoms with E-state index in [9.17, 15) is 0 Å². The van der Waals surface area contributed by atoms with Gasteiger partial charge in [0.25, 0.3) is 0 Å². The van der Waals surface area contributed by atoms with Crippen LogP contribution in [0.5, 0.6) is 0 Å². The molecule has 1 rings (SSSR count). The molecule has 0 saturated heterocycles. The number of nitrogens with zero attached hydrogens (tertiary/aromatic N) is 1. The maximum atomic E-state index is 7.76. The molecule has 1 aromatic carbocycles. The van der Waals surface area contributed by atoms with Crippen molar-refractivity contribution < 1.29 is 0 Å². The van der Waals surface area contributed by atoms with Gasteiger partial charge in [0, 0.05) is 13.1 Å². The largest absolute Gasteiger partial charge is 0.387 e. The van der Waals surface area contributed by atoms with Gasteiger partial charge in [0.15, 0.2) is 0 Å². The minimum absolute atomic E-state index is 0.000237. The lowest BCUT2D eigenvalue weighted by molar-refractivity contribution is 0.279. The van der Waals surface area contributed by atoms with Crippen molar-refractivity contribution >= 4 is 5.84 Å². The van der Waals surface area contributed by atoms with E-state index in [0.29, 0.717) is 5.92 Å². The molecule has 0 bridgehead atoms. The van der Waals surface area contributed by atoms with Crippen molar-refractivity contribution in [2.45, 2.75) is 26.2 Å². The van der Waals surface area contributed by atoms with Crippen molar-refractivity contribution in [2.75, 3.05) is 20.1 Å². The minimum atomic E-state index is 0.000237. The molecule has 0 aromatic heterocycles. The Balaban J connectivity index is 2.67. The summed E-state index contributed by atoms with van der Waals surface area (Å²) in [6.07, 6.45) is 1.18. The van der Waals surface area contributed by atoms with E-state index in [0.717, 1.165) is 18.7 Å². The molecule has 3 nitrogen and oxygen atoms in total. The average Bonchev–Trinajstić information content (AvgIpc) is 2.36. The van der Waals surface area contributed by atoms with Crippen molar-refractivity contribution in [1.29, 1.82) is 5.41 Å². The first-order valence-electron chi connectivity index (χ1n) is 6.62. The number of rotatable bonds is 7. The Morgan fingerprint density at radius 2 is 1.89 bits per heavy atom. The topological polar surface area (TPSA) is 53.1 Å². The number of likely N-dealkylation sites (N-methyl/N-ethyl adjacent to an activating group) is 1. The SMILES string of the molecule is CCC(C)CN(C)CC(C(=N)N)c1ccccc1. The quantitative estimate of drug-likeness (QED) is 0.575. The van der Waals surface area contributed by atoms with E-state index < -0.39 is 0 Å². The number of nitrogens with one attached hydrogen (secondary N) is 1. The Hall–Kier alpha value is -1.35. The van der Waals surface area contributed by atoms with Gasteiger partial charge in [-0.15, -0.1) is 0 Å². The molecule has 0 radical (unpaired) electrons. The highest BCUT2D eigenvalue weighted by Gasteiger charge is 2.17. The highest BCUT2D eigenvalue weighted by Crippen LogP contribution is 2.17.